The van der Waals surface area contributed by atoms with E-state index in [-0.39, 0.29) is 5.56 Å². The van der Waals surface area contributed by atoms with Crippen molar-refractivity contribution in [3.63, 3.8) is 0 Å². The van der Waals surface area contributed by atoms with Crippen LogP contribution in [-0.2, 0) is 16.2 Å². The standard InChI is InChI=1S/C29H25BrN4O5/c1-2-38-25-15-18(16-32-34-29(37)28(36)33-22-12-10-20(11-13-22)27(31)35)14-24(30)26(25)39-17-21-8-5-7-19-6-3-4-9-23(19)21/h3-16H,2,17H2,1H3,(H2,31,35)(H,33,36)(H,34,37)/b32-16+. The lowest BCUT2D eigenvalue weighted by molar-refractivity contribution is -0.136. The number of rotatable bonds is 9. The van der Waals surface area contributed by atoms with Crippen LogP contribution in [0.2, 0.25) is 0 Å². The molecule has 9 nitrogen and oxygen atoms in total. The fraction of sp³-hybridized carbons (Fsp3) is 0.103. The molecule has 0 unspecified atom stereocenters. The first-order chi connectivity index (χ1) is 18.9. The van der Waals surface area contributed by atoms with Crippen molar-refractivity contribution in [2.75, 3.05) is 11.9 Å². The van der Waals surface area contributed by atoms with Crippen LogP contribution in [0.1, 0.15) is 28.4 Å². The molecule has 0 aliphatic carbocycles. The molecule has 0 saturated heterocycles. The molecule has 4 rings (SSSR count). The number of primary amides is 1. The van der Waals surface area contributed by atoms with Gasteiger partial charge >= 0.3 is 11.8 Å². The van der Waals surface area contributed by atoms with Crippen molar-refractivity contribution in [2.45, 2.75) is 13.5 Å². The molecule has 0 aliphatic heterocycles. The number of amides is 3. The molecule has 3 amide bonds. The van der Waals surface area contributed by atoms with Gasteiger partial charge in [0, 0.05) is 11.3 Å². The summed E-state index contributed by atoms with van der Waals surface area (Å²) in [5.74, 6) is -1.45. The summed E-state index contributed by atoms with van der Waals surface area (Å²) in [5.41, 5.74) is 9.63. The minimum absolute atomic E-state index is 0.282. The molecule has 0 aliphatic rings. The van der Waals surface area contributed by atoms with Gasteiger partial charge in [-0.1, -0.05) is 42.5 Å². The monoisotopic (exact) mass is 588 g/mol. The number of hydrazone groups is 1. The number of halogens is 1. The minimum Gasteiger partial charge on any atom is -0.490 e. The Bertz CT molecular complexity index is 1550. The van der Waals surface area contributed by atoms with Gasteiger partial charge in [0.15, 0.2) is 11.5 Å². The fourth-order valence-corrected chi connectivity index (χ4v) is 4.33. The number of carbonyl (C=O) groups is 3. The minimum atomic E-state index is -0.968. The van der Waals surface area contributed by atoms with E-state index in [1.54, 1.807) is 12.1 Å². The number of benzene rings is 4. The summed E-state index contributed by atoms with van der Waals surface area (Å²) in [6.07, 6.45) is 1.38. The van der Waals surface area contributed by atoms with Crippen LogP contribution in [0.3, 0.4) is 0 Å². The molecular formula is C29H25BrN4O5. The highest BCUT2D eigenvalue weighted by atomic mass is 79.9. The van der Waals surface area contributed by atoms with Crippen molar-refractivity contribution in [1.82, 2.24) is 5.43 Å². The number of fused-ring (bicyclic) bond motifs is 1. The summed E-state index contributed by atoms with van der Waals surface area (Å²) < 4.78 is 12.6. The molecule has 0 aromatic heterocycles. The fourth-order valence-electron chi connectivity index (χ4n) is 3.76. The first kappa shape index (κ1) is 27.3. The number of nitrogens with zero attached hydrogens (tertiary/aromatic N) is 1. The molecule has 0 bridgehead atoms. The van der Waals surface area contributed by atoms with Gasteiger partial charge < -0.3 is 20.5 Å². The summed E-state index contributed by atoms with van der Waals surface area (Å²) in [6.45, 7) is 2.61. The van der Waals surface area contributed by atoms with Gasteiger partial charge in [-0.2, -0.15) is 5.10 Å². The molecule has 4 aromatic rings. The zero-order valence-electron chi connectivity index (χ0n) is 20.9. The van der Waals surface area contributed by atoms with Gasteiger partial charge in [-0.25, -0.2) is 5.43 Å². The maximum Gasteiger partial charge on any atom is 0.329 e. The van der Waals surface area contributed by atoms with Crippen molar-refractivity contribution in [1.29, 1.82) is 0 Å². The number of anilines is 1. The Balaban J connectivity index is 1.41. The number of nitrogens with one attached hydrogen (secondary N) is 2. The van der Waals surface area contributed by atoms with Crippen LogP contribution in [0.4, 0.5) is 5.69 Å². The maximum absolute atomic E-state index is 12.2. The van der Waals surface area contributed by atoms with Crippen molar-refractivity contribution in [2.24, 2.45) is 10.8 Å². The van der Waals surface area contributed by atoms with Gasteiger partial charge in [-0.15, -0.1) is 0 Å². The van der Waals surface area contributed by atoms with Crippen molar-refractivity contribution >= 4 is 56.3 Å². The largest absolute Gasteiger partial charge is 0.490 e. The number of carbonyl (C=O) groups excluding carboxylic acids is 3. The Morgan fingerprint density at radius 1 is 0.949 bits per heavy atom. The summed E-state index contributed by atoms with van der Waals surface area (Å²) in [5, 5.41) is 8.54. The third-order valence-corrected chi connectivity index (χ3v) is 6.19. The third kappa shape index (κ3) is 6.99. The zero-order valence-corrected chi connectivity index (χ0v) is 22.5. The summed E-state index contributed by atoms with van der Waals surface area (Å²) >= 11 is 3.54. The Kier molecular flexibility index (Phi) is 8.90. The van der Waals surface area contributed by atoms with Gasteiger partial charge in [0.1, 0.15) is 6.61 Å². The second-order valence-corrected chi connectivity index (χ2v) is 9.14. The van der Waals surface area contributed by atoms with Crippen LogP contribution in [-0.4, -0.2) is 30.5 Å². The highest BCUT2D eigenvalue weighted by Crippen LogP contribution is 2.37. The van der Waals surface area contributed by atoms with E-state index in [4.69, 9.17) is 15.2 Å². The SMILES string of the molecule is CCOc1cc(/C=N/NC(=O)C(=O)Nc2ccc(C(N)=O)cc2)cc(Br)c1OCc1cccc2ccccc12. The smallest absolute Gasteiger partial charge is 0.329 e. The average Bonchev–Trinajstić information content (AvgIpc) is 2.93. The third-order valence-electron chi connectivity index (χ3n) is 5.60. The quantitative estimate of drug-likeness (QED) is 0.147. The Morgan fingerprint density at radius 2 is 1.69 bits per heavy atom. The van der Waals surface area contributed by atoms with E-state index in [1.807, 2.05) is 31.2 Å². The molecule has 4 N–H and O–H groups in total. The number of nitrogens with two attached hydrogens (primary N) is 1. The van der Waals surface area contributed by atoms with E-state index in [1.165, 1.54) is 30.5 Å². The van der Waals surface area contributed by atoms with Crippen LogP contribution < -0.4 is 25.9 Å². The van der Waals surface area contributed by atoms with Crippen LogP contribution in [0, 0.1) is 0 Å². The average molecular weight is 589 g/mol. The maximum atomic E-state index is 12.2. The number of hydrogen-bond acceptors (Lipinski definition) is 6. The molecule has 0 heterocycles. The first-order valence-electron chi connectivity index (χ1n) is 12.0. The van der Waals surface area contributed by atoms with Gasteiger partial charge in [0.05, 0.1) is 17.3 Å². The van der Waals surface area contributed by atoms with Crippen LogP contribution in [0.5, 0.6) is 11.5 Å². The summed E-state index contributed by atoms with van der Waals surface area (Å²) in [7, 11) is 0. The van der Waals surface area contributed by atoms with E-state index in [2.05, 4.69) is 50.0 Å². The van der Waals surface area contributed by atoms with E-state index in [0.717, 1.165) is 16.3 Å². The molecule has 0 spiro atoms. The highest BCUT2D eigenvalue weighted by molar-refractivity contribution is 9.10. The Hall–Kier alpha value is -4.70. The van der Waals surface area contributed by atoms with E-state index in [9.17, 15) is 14.4 Å². The van der Waals surface area contributed by atoms with Crippen LogP contribution >= 0.6 is 15.9 Å². The second kappa shape index (κ2) is 12.7. The van der Waals surface area contributed by atoms with Crippen molar-refractivity contribution in [3.05, 3.63) is 100 Å². The summed E-state index contributed by atoms with van der Waals surface area (Å²) in [6, 6.07) is 23.5. The van der Waals surface area contributed by atoms with Gasteiger partial charge in [-0.05, 0) is 81.2 Å². The van der Waals surface area contributed by atoms with Crippen molar-refractivity contribution in [3.8, 4) is 11.5 Å². The molecule has 198 valence electrons. The van der Waals surface area contributed by atoms with E-state index >= 15 is 0 Å². The normalized spacial score (nSPS) is 10.8. The predicted molar refractivity (Wildman–Crippen MR) is 153 cm³/mol. The molecule has 0 atom stereocenters. The van der Waals surface area contributed by atoms with Gasteiger partial charge in [0.25, 0.3) is 0 Å². The van der Waals surface area contributed by atoms with Gasteiger partial charge in [0.2, 0.25) is 5.91 Å². The highest BCUT2D eigenvalue weighted by Gasteiger charge is 2.15. The van der Waals surface area contributed by atoms with Gasteiger partial charge in [-0.3, -0.25) is 14.4 Å². The Morgan fingerprint density at radius 3 is 2.44 bits per heavy atom. The molecule has 0 saturated carbocycles. The predicted octanol–water partition coefficient (Wildman–Crippen LogP) is 4.77. The molecule has 10 heteroatoms. The van der Waals surface area contributed by atoms with Crippen molar-refractivity contribution < 1.29 is 23.9 Å². The lowest BCUT2D eigenvalue weighted by Gasteiger charge is -2.15. The molecule has 4 aromatic carbocycles. The second-order valence-electron chi connectivity index (χ2n) is 8.28. The summed E-state index contributed by atoms with van der Waals surface area (Å²) in [4.78, 5) is 35.4. The van der Waals surface area contributed by atoms with Crippen LogP contribution in [0.25, 0.3) is 10.8 Å². The van der Waals surface area contributed by atoms with Crippen LogP contribution in [0.15, 0.2) is 88.4 Å². The number of hydrogen-bond donors (Lipinski definition) is 3. The Labute approximate surface area is 233 Å². The number of ether oxygens (including phenoxy) is 2. The molecular weight excluding hydrogens is 564 g/mol. The lowest BCUT2D eigenvalue weighted by atomic mass is 10.1. The van der Waals surface area contributed by atoms with E-state index < -0.39 is 17.7 Å². The lowest BCUT2D eigenvalue weighted by Crippen LogP contribution is -2.32. The van der Waals surface area contributed by atoms with E-state index in [0.29, 0.717) is 40.4 Å². The molecule has 0 radical (unpaired) electrons. The first-order valence-corrected chi connectivity index (χ1v) is 12.7. The topological polar surface area (TPSA) is 132 Å². The molecule has 39 heavy (non-hydrogen) atoms. The zero-order chi connectivity index (χ0) is 27.8. The molecule has 0 fully saturated rings.